The van der Waals surface area contributed by atoms with Crippen LogP contribution in [0.4, 0.5) is 0 Å². The lowest BCUT2D eigenvalue weighted by Crippen LogP contribution is -2.13. The predicted octanol–water partition coefficient (Wildman–Crippen LogP) is 2.78. The van der Waals surface area contributed by atoms with Crippen LogP contribution in [0, 0.1) is 0 Å². The molecule has 0 aromatic heterocycles. The number of hydrogen-bond acceptors (Lipinski definition) is 5. The highest BCUT2D eigenvalue weighted by Gasteiger charge is 2.13. The summed E-state index contributed by atoms with van der Waals surface area (Å²) in [4.78, 5) is 23.2. The van der Waals surface area contributed by atoms with E-state index in [0.717, 1.165) is 0 Å². The SMILES string of the molecule is C=C(C)C(=O)OCOC(=O)c1cccc2c(O)cccc12. The quantitative estimate of drug-likeness (QED) is 0.531. The average Bonchev–Trinajstić information content (AvgIpc) is 2.46. The second kappa shape index (κ2) is 6.09. The molecule has 0 aliphatic heterocycles. The first-order chi connectivity index (χ1) is 10.0. The molecule has 21 heavy (non-hydrogen) atoms. The lowest BCUT2D eigenvalue weighted by Gasteiger charge is -2.08. The summed E-state index contributed by atoms with van der Waals surface area (Å²) < 4.78 is 9.59. The van der Waals surface area contributed by atoms with E-state index in [0.29, 0.717) is 10.8 Å². The molecule has 5 heteroatoms. The van der Waals surface area contributed by atoms with E-state index in [4.69, 9.17) is 9.47 Å². The van der Waals surface area contributed by atoms with Gasteiger partial charge in [0.2, 0.25) is 6.79 Å². The summed E-state index contributed by atoms with van der Waals surface area (Å²) in [5, 5.41) is 10.9. The predicted molar refractivity (Wildman–Crippen MR) is 76.8 cm³/mol. The van der Waals surface area contributed by atoms with Gasteiger partial charge in [0.05, 0.1) is 5.56 Å². The van der Waals surface area contributed by atoms with E-state index in [-0.39, 0.29) is 16.9 Å². The summed E-state index contributed by atoms with van der Waals surface area (Å²) in [6.07, 6.45) is 0. The fourth-order valence-electron chi connectivity index (χ4n) is 1.81. The molecule has 5 nitrogen and oxygen atoms in total. The van der Waals surface area contributed by atoms with Crippen LogP contribution in [0.3, 0.4) is 0 Å². The molecule has 2 aromatic rings. The van der Waals surface area contributed by atoms with Gasteiger partial charge in [-0.05, 0) is 24.4 Å². The molecule has 0 saturated heterocycles. The normalized spacial score (nSPS) is 10.1. The summed E-state index contributed by atoms with van der Waals surface area (Å²) in [5.41, 5.74) is 0.510. The zero-order valence-electron chi connectivity index (χ0n) is 11.5. The van der Waals surface area contributed by atoms with Crippen LogP contribution in [0.25, 0.3) is 10.8 Å². The lowest BCUT2D eigenvalue weighted by atomic mass is 10.0. The van der Waals surface area contributed by atoms with Crippen LogP contribution < -0.4 is 0 Å². The Kier molecular flexibility index (Phi) is 4.23. The van der Waals surface area contributed by atoms with Gasteiger partial charge in [0.25, 0.3) is 0 Å². The van der Waals surface area contributed by atoms with Crippen molar-refractivity contribution in [3.63, 3.8) is 0 Å². The molecule has 0 aliphatic rings. The number of carbonyl (C=O) groups is 2. The zero-order valence-corrected chi connectivity index (χ0v) is 11.5. The number of aromatic hydroxyl groups is 1. The van der Waals surface area contributed by atoms with E-state index in [1.165, 1.54) is 13.0 Å². The molecule has 0 saturated carbocycles. The van der Waals surface area contributed by atoms with Gasteiger partial charge in [-0.15, -0.1) is 0 Å². The number of phenols is 1. The largest absolute Gasteiger partial charge is 0.507 e. The van der Waals surface area contributed by atoms with Gasteiger partial charge in [0.1, 0.15) is 5.75 Å². The number of phenolic OH excluding ortho intramolecular Hbond substituents is 1. The third-order valence-corrected chi connectivity index (χ3v) is 2.85. The minimum absolute atomic E-state index is 0.0795. The molecule has 0 aliphatic carbocycles. The third kappa shape index (κ3) is 3.20. The van der Waals surface area contributed by atoms with Gasteiger partial charge >= 0.3 is 11.9 Å². The summed E-state index contributed by atoms with van der Waals surface area (Å²) in [5.74, 6) is -1.19. The number of benzene rings is 2. The first kappa shape index (κ1) is 14.6. The Morgan fingerprint density at radius 3 is 2.48 bits per heavy atom. The van der Waals surface area contributed by atoms with Gasteiger partial charge in [0, 0.05) is 11.0 Å². The van der Waals surface area contributed by atoms with E-state index in [1.807, 2.05) is 0 Å². The Morgan fingerprint density at radius 2 is 1.76 bits per heavy atom. The Hall–Kier alpha value is -2.82. The first-order valence-corrected chi connectivity index (χ1v) is 6.21. The summed E-state index contributed by atoms with van der Waals surface area (Å²) in [7, 11) is 0. The Bertz CT molecular complexity index is 718. The number of hydrogen-bond donors (Lipinski definition) is 1. The number of rotatable bonds is 4. The van der Waals surface area contributed by atoms with Crippen molar-refractivity contribution < 1.29 is 24.2 Å². The van der Waals surface area contributed by atoms with Gasteiger partial charge in [0.15, 0.2) is 0 Å². The standard InChI is InChI=1S/C16H14O5/c1-10(2)15(18)20-9-21-16(19)13-7-3-6-12-11(13)5-4-8-14(12)17/h3-8,17H,1,9H2,2H3. The van der Waals surface area contributed by atoms with Gasteiger partial charge < -0.3 is 14.6 Å². The smallest absolute Gasteiger partial charge is 0.341 e. The summed E-state index contributed by atoms with van der Waals surface area (Å²) in [6.45, 7) is 4.43. The van der Waals surface area contributed by atoms with E-state index >= 15 is 0 Å². The molecular formula is C16H14O5. The number of carbonyl (C=O) groups excluding carboxylic acids is 2. The van der Waals surface area contributed by atoms with Crippen LogP contribution in [-0.4, -0.2) is 23.8 Å². The second-order valence-corrected chi connectivity index (χ2v) is 4.44. The van der Waals surface area contributed by atoms with Crippen LogP contribution in [0.2, 0.25) is 0 Å². The van der Waals surface area contributed by atoms with E-state index in [2.05, 4.69) is 6.58 Å². The third-order valence-electron chi connectivity index (χ3n) is 2.85. The molecule has 2 rings (SSSR count). The molecule has 0 heterocycles. The van der Waals surface area contributed by atoms with Crippen LogP contribution in [-0.2, 0) is 14.3 Å². The highest BCUT2D eigenvalue weighted by molar-refractivity contribution is 6.06. The molecule has 2 aromatic carbocycles. The van der Waals surface area contributed by atoms with Crippen molar-refractivity contribution in [1.29, 1.82) is 0 Å². The molecule has 108 valence electrons. The molecule has 0 spiro atoms. The van der Waals surface area contributed by atoms with E-state index in [1.54, 1.807) is 30.3 Å². The Labute approximate surface area is 121 Å². The highest BCUT2D eigenvalue weighted by Crippen LogP contribution is 2.27. The van der Waals surface area contributed by atoms with E-state index in [9.17, 15) is 14.7 Å². The van der Waals surface area contributed by atoms with Crippen LogP contribution in [0.15, 0.2) is 48.6 Å². The highest BCUT2D eigenvalue weighted by atomic mass is 16.7. The lowest BCUT2D eigenvalue weighted by molar-refractivity contribution is -0.147. The molecule has 0 radical (unpaired) electrons. The molecule has 0 fully saturated rings. The van der Waals surface area contributed by atoms with E-state index < -0.39 is 18.7 Å². The Morgan fingerprint density at radius 1 is 1.10 bits per heavy atom. The van der Waals surface area contributed by atoms with Crippen molar-refractivity contribution in [2.24, 2.45) is 0 Å². The zero-order chi connectivity index (χ0) is 15.4. The van der Waals surface area contributed by atoms with Crippen molar-refractivity contribution in [3.05, 3.63) is 54.1 Å². The fraction of sp³-hybridized carbons (Fsp3) is 0.125. The topological polar surface area (TPSA) is 72.8 Å². The molecular weight excluding hydrogens is 272 g/mol. The maximum atomic E-state index is 12.0. The number of ether oxygens (including phenoxy) is 2. The maximum Gasteiger partial charge on any atom is 0.341 e. The van der Waals surface area contributed by atoms with Crippen molar-refractivity contribution in [2.45, 2.75) is 6.92 Å². The molecule has 0 bridgehead atoms. The van der Waals surface area contributed by atoms with Crippen molar-refractivity contribution >= 4 is 22.7 Å². The van der Waals surface area contributed by atoms with Crippen molar-refractivity contribution in [2.75, 3.05) is 6.79 Å². The molecule has 0 amide bonds. The summed E-state index contributed by atoms with van der Waals surface area (Å²) in [6, 6.07) is 9.78. The van der Waals surface area contributed by atoms with Crippen molar-refractivity contribution in [1.82, 2.24) is 0 Å². The van der Waals surface area contributed by atoms with Gasteiger partial charge in [-0.2, -0.15) is 0 Å². The van der Waals surface area contributed by atoms with Crippen LogP contribution in [0.5, 0.6) is 5.75 Å². The second-order valence-electron chi connectivity index (χ2n) is 4.44. The molecule has 0 atom stereocenters. The molecule has 0 unspecified atom stereocenters. The first-order valence-electron chi connectivity index (χ1n) is 6.21. The monoisotopic (exact) mass is 286 g/mol. The average molecular weight is 286 g/mol. The summed E-state index contributed by atoms with van der Waals surface area (Å²) >= 11 is 0. The van der Waals surface area contributed by atoms with Gasteiger partial charge in [-0.3, -0.25) is 0 Å². The number of esters is 2. The van der Waals surface area contributed by atoms with Crippen LogP contribution in [0.1, 0.15) is 17.3 Å². The minimum Gasteiger partial charge on any atom is -0.507 e. The maximum absolute atomic E-state index is 12.0. The fourth-order valence-corrected chi connectivity index (χ4v) is 1.81. The van der Waals surface area contributed by atoms with Gasteiger partial charge in [-0.1, -0.05) is 30.8 Å². The van der Waals surface area contributed by atoms with Gasteiger partial charge in [-0.25, -0.2) is 9.59 Å². The minimum atomic E-state index is -0.638. The van der Waals surface area contributed by atoms with Crippen LogP contribution >= 0.6 is 0 Å². The Balaban J connectivity index is 2.15. The molecule has 1 N–H and O–H groups in total. The van der Waals surface area contributed by atoms with Crippen molar-refractivity contribution in [3.8, 4) is 5.75 Å². The number of fused-ring (bicyclic) bond motifs is 1.